The molecule has 0 aromatic carbocycles. The summed E-state index contributed by atoms with van der Waals surface area (Å²) < 4.78 is 0. The van der Waals surface area contributed by atoms with E-state index >= 15 is 0 Å². The first-order chi connectivity index (χ1) is 5.83. The van der Waals surface area contributed by atoms with Gasteiger partial charge in [0.1, 0.15) is 0 Å². The molecule has 0 radical (unpaired) electrons. The van der Waals surface area contributed by atoms with Gasteiger partial charge in [-0.2, -0.15) is 0 Å². The van der Waals surface area contributed by atoms with E-state index in [1.807, 2.05) is 18.5 Å². The number of aromatic nitrogens is 1. The van der Waals surface area contributed by atoms with E-state index in [-0.39, 0.29) is 0 Å². The maximum Gasteiger partial charge on any atom is 0.0517 e. The predicted molar refractivity (Wildman–Crippen MR) is 52.1 cm³/mol. The summed E-state index contributed by atoms with van der Waals surface area (Å²) in [6.07, 6.45) is 4.95. The van der Waals surface area contributed by atoms with E-state index in [2.05, 4.69) is 17.2 Å². The van der Waals surface area contributed by atoms with Crippen LogP contribution in [0.5, 0.6) is 0 Å². The average Bonchev–Trinajstić information content (AvgIpc) is 2.53. The summed E-state index contributed by atoms with van der Waals surface area (Å²) in [5, 5.41) is 3.32. The summed E-state index contributed by atoms with van der Waals surface area (Å²) in [7, 11) is 0. The lowest BCUT2D eigenvalue weighted by atomic mass is 10.1. The van der Waals surface area contributed by atoms with Crippen LogP contribution in [0.3, 0.4) is 0 Å². The van der Waals surface area contributed by atoms with Crippen molar-refractivity contribution in [3.8, 4) is 0 Å². The molecule has 1 aromatic heterocycles. The largest absolute Gasteiger partial charge is 0.384 e. The third-order valence-electron chi connectivity index (χ3n) is 1.91. The second kappa shape index (κ2) is 4.83. The summed E-state index contributed by atoms with van der Waals surface area (Å²) in [5.41, 5.74) is 6.60. The molecule has 1 heterocycles. The zero-order valence-electron chi connectivity index (χ0n) is 7.51. The lowest BCUT2D eigenvalue weighted by Gasteiger charge is -2.10. The Bertz CT molecular complexity index is 194. The minimum absolute atomic E-state index is 0.643. The van der Waals surface area contributed by atoms with Gasteiger partial charge in [0.2, 0.25) is 0 Å². The highest BCUT2D eigenvalue weighted by atomic mass is 14.9. The molecule has 1 rings (SSSR count). The second-order valence-corrected chi connectivity index (χ2v) is 3.16. The van der Waals surface area contributed by atoms with Gasteiger partial charge in [-0.25, -0.2) is 0 Å². The van der Waals surface area contributed by atoms with E-state index in [4.69, 9.17) is 5.73 Å². The van der Waals surface area contributed by atoms with Gasteiger partial charge in [0.15, 0.2) is 0 Å². The van der Waals surface area contributed by atoms with E-state index in [9.17, 15) is 0 Å². The van der Waals surface area contributed by atoms with E-state index in [1.165, 1.54) is 0 Å². The summed E-state index contributed by atoms with van der Waals surface area (Å²) >= 11 is 0. The van der Waals surface area contributed by atoms with Crippen LogP contribution in [0.15, 0.2) is 18.5 Å². The van der Waals surface area contributed by atoms with Crippen molar-refractivity contribution in [3.05, 3.63) is 18.5 Å². The summed E-state index contributed by atoms with van der Waals surface area (Å²) in [6, 6.07) is 2.02. The number of hydrogen-bond donors (Lipinski definition) is 3. The molecule has 0 fully saturated rings. The Balaban J connectivity index is 2.17. The minimum Gasteiger partial charge on any atom is -0.384 e. The molecular formula is C9H17N3. The number of nitrogens with two attached hydrogens (primary N) is 1. The lowest BCUT2D eigenvalue weighted by Crippen LogP contribution is -2.14. The van der Waals surface area contributed by atoms with Crippen molar-refractivity contribution in [2.24, 2.45) is 11.7 Å². The fraction of sp³-hybridized carbons (Fsp3) is 0.556. The van der Waals surface area contributed by atoms with Crippen molar-refractivity contribution in [2.75, 3.05) is 18.4 Å². The van der Waals surface area contributed by atoms with Crippen molar-refractivity contribution >= 4 is 5.69 Å². The monoisotopic (exact) mass is 167 g/mol. The van der Waals surface area contributed by atoms with Crippen LogP contribution in [-0.4, -0.2) is 18.1 Å². The van der Waals surface area contributed by atoms with E-state index in [0.717, 1.165) is 25.2 Å². The molecule has 1 aromatic rings. The summed E-state index contributed by atoms with van der Waals surface area (Å²) in [5.74, 6) is 0.643. The molecular weight excluding hydrogens is 150 g/mol. The van der Waals surface area contributed by atoms with Crippen LogP contribution in [0.1, 0.15) is 13.3 Å². The third kappa shape index (κ3) is 2.96. The molecule has 3 nitrogen and oxygen atoms in total. The fourth-order valence-corrected chi connectivity index (χ4v) is 1.11. The number of H-pyrrole nitrogens is 1. The van der Waals surface area contributed by atoms with E-state index in [1.54, 1.807) is 0 Å². The second-order valence-electron chi connectivity index (χ2n) is 3.16. The molecule has 0 aliphatic heterocycles. The van der Waals surface area contributed by atoms with Crippen molar-refractivity contribution in [1.29, 1.82) is 0 Å². The molecule has 0 spiro atoms. The molecule has 0 saturated carbocycles. The SMILES string of the molecule is CC(CCN)CNc1cc[nH]c1. The molecule has 0 bridgehead atoms. The Morgan fingerprint density at radius 2 is 2.50 bits per heavy atom. The Morgan fingerprint density at radius 1 is 1.67 bits per heavy atom. The Labute approximate surface area is 73.4 Å². The number of aromatic amines is 1. The first kappa shape index (κ1) is 9.13. The number of nitrogens with one attached hydrogen (secondary N) is 2. The molecule has 1 unspecified atom stereocenters. The van der Waals surface area contributed by atoms with Crippen LogP contribution in [-0.2, 0) is 0 Å². The van der Waals surface area contributed by atoms with Gasteiger partial charge in [0, 0.05) is 18.9 Å². The predicted octanol–water partition coefficient (Wildman–Crippen LogP) is 1.41. The van der Waals surface area contributed by atoms with Crippen molar-refractivity contribution in [1.82, 2.24) is 4.98 Å². The Hall–Kier alpha value is -0.960. The standard InChI is InChI=1S/C9H17N3/c1-8(2-4-10)6-12-9-3-5-11-7-9/h3,5,7-8,11-12H,2,4,6,10H2,1H3. The average molecular weight is 167 g/mol. The van der Waals surface area contributed by atoms with Gasteiger partial charge < -0.3 is 16.0 Å². The lowest BCUT2D eigenvalue weighted by molar-refractivity contribution is 0.568. The van der Waals surface area contributed by atoms with Gasteiger partial charge in [-0.05, 0) is 24.9 Å². The first-order valence-corrected chi connectivity index (χ1v) is 4.39. The molecule has 4 N–H and O–H groups in total. The smallest absolute Gasteiger partial charge is 0.0517 e. The van der Waals surface area contributed by atoms with E-state index in [0.29, 0.717) is 5.92 Å². The molecule has 1 atom stereocenters. The third-order valence-corrected chi connectivity index (χ3v) is 1.91. The number of anilines is 1. The molecule has 0 aliphatic rings. The maximum atomic E-state index is 5.44. The van der Waals surface area contributed by atoms with Crippen molar-refractivity contribution in [3.63, 3.8) is 0 Å². The highest BCUT2D eigenvalue weighted by Gasteiger charge is 1.99. The molecule has 12 heavy (non-hydrogen) atoms. The molecule has 0 amide bonds. The fourth-order valence-electron chi connectivity index (χ4n) is 1.11. The normalized spacial score (nSPS) is 12.8. The zero-order valence-corrected chi connectivity index (χ0v) is 7.51. The summed E-state index contributed by atoms with van der Waals surface area (Å²) in [6.45, 7) is 3.97. The zero-order chi connectivity index (χ0) is 8.81. The van der Waals surface area contributed by atoms with Gasteiger partial charge in [-0.15, -0.1) is 0 Å². The highest BCUT2D eigenvalue weighted by Crippen LogP contribution is 2.06. The maximum absolute atomic E-state index is 5.44. The molecule has 0 aliphatic carbocycles. The van der Waals surface area contributed by atoms with Crippen molar-refractivity contribution < 1.29 is 0 Å². The van der Waals surface area contributed by atoms with Gasteiger partial charge in [0.25, 0.3) is 0 Å². The van der Waals surface area contributed by atoms with Crippen LogP contribution in [0, 0.1) is 5.92 Å². The summed E-state index contributed by atoms with van der Waals surface area (Å²) in [4.78, 5) is 3.00. The van der Waals surface area contributed by atoms with Crippen molar-refractivity contribution in [2.45, 2.75) is 13.3 Å². The molecule has 68 valence electrons. The minimum atomic E-state index is 0.643. The van der Waals surface area contributed by atoms with E-state index < -0.39 is 0 Å². The van der Waals surface area contributed by atoms with Crippen LogP contribution in [0.25, 0.3) is 0 Å². The Morgan fingerprint density at radius 3 is 3.08 bits per heavy atom. The molecule has 3 heteroatoms. The topological polar surface area (TPSA) is 53.8 Å². The van der Waals surface area contributed by atoms with Gasteiger partial charge in [0.05, 0.1) is 5.69 Å². The van der Waals surface area contributed by atoms with Crippen LogP contribution >= 0.6 is 0 Å². The van der Waals surface area contributed by atoms with Crippen LogP contribution in [0.4, 0.5) is 5.69 Å². The van der Waals surface area contributed by atoms with Crippen LogP contribution in [0.2, 0.25) is 0 Å². The van der Waals surface area contributed by atoms with Gasteiger partial charge in [-0.1, -0.05) is 6.92 Å². The quantitative estimate of drug-likeness (QED) is 0.621. The molecule has 0 saturated heterocycles. The van der Waals surface area contributed by atoms with Crippen LogP contribution < -0.4 is 11.1 Å². The van der Waals surface area contributed by atoms with Gasteiger partial charge >= 0.3 is 0 Å². The number of hydrogen-bond acceptors (Lipinski definition) is 2. The first-order valence-electron chi connectivity index (χ1n) is 4.39. The number of rotatable bonds is 5. The highest BCUT2D eigenvalue weighted by molar-refractivity contribution is 5.40. The Kier molecular flexibility index (Phi) is 3.67. The van der Waals surface area contributed by atoms with Gasteiger partial charge in [-0.3, -0.25) is 0 Å².